The molecular formula is C8H9NNaO. The quantitative estimate of drug-likeness (QED) is 0.601. The Morgan fingerprint density at radius 3 is 2.27 bits per heavy atom. The molecule has 0 aliphatic carbocycles. The van der Waals surface area contributed by atoms with Crippen LogP contribution in [0, 0.1) is 6.92 Å². The molecule has 1 aromatic rings. The standard InChI is InChI=1S/C8H9NO.Na/c1-6-4-2-3-5-7(6)8(9)10;/h2-5H,1H3,(H2,9,10);. The van der Waals surface area contributed by atoms with Crippen LogP contribution in [0.3, 0.4) is 0 Å². The molecule has 0 spiro atoms. The van der Waals surface area contributed by atoms with Crippen molar-refractivity contribution in [2.75, 3.05) is 0 Å². The monoisotopic (exact) mass is 158 g/mol. The maximum atomic E-state index is 10.6. The summed E-state index contributed by atoms with van der Waals surface area (Å²) in [6.07, 6.45) is 0. The van der Waals surface area contributed by atoms with Gasteiger partial charge < -0.3 is 5.73 Å². The van der Waals surface area contributed by atoms with Gasteiger partial charge in [-0.1, -0.05) is 18.2 Å². The van der Waals surface area contributed by atoms with Crippen LogP contribution in [0.15, 0.2) is 24.3 Å². The van der Waals surface area contributed by atoms with Gasteiger partial charge in [0.25, 0.3) is 0 Å². The van der Waals surface area contributed by atoms with Gasteiger partial charge in [0.2, 0.25) is 5.91 Å². The second-order valence-corrected chi connectivity index (χ2v) is 2.18. The molecule has 1 radical (unpaired) electrons. The van der Waals surface area contributed by atoms with E-state index in [2.05, 4.69) is 0 Å². The normalized spacial score (nSPS) is 8.45. The minimum atomic E-state index is -0.363. The third-order valence-electron chi connectivity index (χ3n) is 1.41. The molecular weight excluding hydrogens is 149 g/mol. The number of amides is 1. The molecule has 0 aromatic heterocycles. The number of nitrogens with two attached hydrogens (primary N) is 1. The van der Waals surface area contributed by atoms with Crippen molar-refractivity contribution in [3.63, 3.8) is 0 Å². The Bertz CT molecular complexity index is 260. The average molecular weight is 158 g/mol. The van der Waals surface area contributed by atoms with Gasteiger partial charge in [-0.05, 0) is 18.6 Å². The number of rotatable bonds is 1. The van der Waals surface area contributed by atoms with Crippen molar-refractivity contribution < 1.29 is 4.79 Å². The van der Waals surface area contributed by atoms with Crippen molar-refractivity contribution in [2.24, 2.45) is 5.73 Å². The second-order valence-electron chi connectivity index (χ2n) is 2.18. The van der Waals surface area contributed by atoms with Crippen molar-refractivity contribution in [2.45, 2.75) is 6.92 Å². The first-order chi connectivity index (χ1) is 4.72. The van der Waals surface area contributed by atoms with E-state index < -0.39 is 0 Å². The molecule has 0 heterocycles. The molecule has 1 amide bonds. The summed E-state index contributed by atoms with van der Waals surface area (Å²) in [5.41, 5.74) is 6.60. The van der Waals surface area contributed by atoms with Gasteiger partial charge in [0.1, 0.15) is 0 Å². The SMILES string of the molecule is Cc1ccccc1C(N)=O.[Na]. The Kier molecular flexibility index (Phi) is 4.42. The van der Waals surface area contributed by atoms with Crippen molar-refractivity contribution in [1.82, 2.24) is 0 Å². The van der Waals surface area contributed by atoms with Gasteiger partial charge in [0.15, 0.2) is 0 Å². The van der Waals surface area contributed by atoms with Crippen LogP contribution in [-0.4, -0.2) is 35.5 Å². The summed E-state index contributed by atoms with van der Waals surface area (Å²) in [5, 5.41) is 0. The molecule has 0 aliphatic heterocycles. The summed E-state index contributed by atoms with van der Waals surface area (Å²) in [6, 6.07) is 7.26. The first-order valence-electron chi connectivity index (χ1n) is 3.07. The van der Waals surface area contributed by atoms with E-state index in [9.17, 15) is 4.79 Å². The molecule has 1 rings (SSSR count). The van der Waals surface area contributed by atoms with Gasteiger partial charge in [-0.3, -0.25) is 4.79 Å². The molecule has 0 saturated carbocycles. The van der Waals surface area contributed by atoms with Gasteiger partial charge >= 0.3 is 0 Å². The van der Waals surface area contributed by atoms with E-state index in [0.29, 0.717) is 5.56 Å². The Labute approximate surface area is 88.1 Å². The molecule has 2 N–H and O–H groups in total. The average Bonchev–Trinajstić information content (AvgIpc) is 1.88. The number of aryl methyl sites for hydroxylation is 1. The number of hydrogen-bond donors (Lipinski definition) is 1. The summed E-state index contributed by atoms with van der Waals surface area (Å²) < 4.78 is 0. The number of hydrogen-bond acceptors (Lipinski definition) is 1. The Balaban J connectivity index is 0.000001000. The smallest absolute Gasteiger partial charge is 0.248 e. The predicted molar refractivity (Wildman–Crippen MR) is 45.5 cm³/mol. The first kappa shape index (κ1) is 10.7. The molecule has 2 nitrogen and oxygen atoms in total. The Morgan fingerprint density at radius 2 is 1.91 bits per heavy atom. The van der Waals surface area contributed by atoms with Crippen LogP contribution in [0.2, 0.25) is 0 Å². The molecule has 0 fully saturated rings. The first-order valence-corrected chi connectivity index (χ1v) is 3.07. The molecule has 0 atom stereocenters. The van der Waals surface area contributed by atoms with Crippen LogP contribution in [0.1, 0.15) is 15.9 Å². The van der Waals surface area contributed by atoms with Crippen molar-refractivity contribution in [3.05, 3.63) is 35.4 Å². The zero-order chi connectivity index (χ0) is 7.56. The fourth-order valence-corrected chi connectivity index (χ4v) is 0.849. The summed E-state index contributed by atoms with van der Waals surface area (Å²) in [6.45, 7) is 1.86. The van der Waals surface area contributed by atoms with E-state index in [4.69, 9.17) is 5.73 Å². The fourth-order valence-electron chi connectivity index (χ4n) is 0.849. The van der Waals surface area contributed by atoms with Crippen LogP contribution in [-0.2, 0) is 0 Å². The summed E-state index contributed by atoms with van der Waals surface area (Å²) in [7, 11) is 0. The van der Waals surface area contributed by atoms with E-state index in [1.807, 2.05) is 19.1 Å². The summed E-state index contributed by atoms with van der Waals surface area (Å²) >= 11 is 0. The number of benzene rings is 1. The van der Waals surface area contributed by atoms with Crippen LogP contribution >= 0.6 is 0 Å². The van der Waals surface area contributed by atoms with E-state index in [1.165, 1.54) is 0 Å². The van der Waals surface area contributed by atoms with E-state index in [1.54, 1.807) is 12.1 Å². The third-order valence-corrected chi connectivity index (χ3v) is 1.41. The molecule has 53 valence electrons. The van der Waals surface area contributed by atoms with Crippen molar-refractivity contribution in [1.29, 1.82) is 0 Å². The molecule has 0 bridgehead atoms. The Morgan fingerprint density at radius 1 is 1.36 bits per heavy atom. The molecule has 11 heavy (non-hydrogen) atoms. The van der Waals surface area contributed by atoms with Crippen molar-refractivity contribution in [3.8, 4) is 0 Å². The second kappa shape index (κ2) is 4.54. The number of carbonyl (C=O) groups is 1. The van der Waals surface area contributed by atoms with E-state index in [0.717, 1.165) is 5.56 Å². The summed E-state index contributed by atoms with van der Waals surface area (Å²) in [5.74, 6) is -0.363. The van der Waals surface area contributed by atoms with Crippen LogP contribution in [0.5, 0.6) is 0 Å². The minimum Gasteiger partial charge on any atom is -0.366 e. The van der Waals surface area contributed by atoms with Gasteiger partial charge in [-0.15, -0.1) is 0 Å². The zero-order valence-electron chi connectivity index (χ0n) is 6.79. The maximum Gasteiger partial charge on any atom is 0.248 e. The Hall–Kier alpha value is -0.310. The third kappa shape index (κ3) is 2.66. The van der Waals surface area contributed by atoms with Crippen molar-refractivity contribution >= 4 is 35.5 Å². The van der Waals surface area contributed by atoms with Gasteiger partial charge in [-0.2, -0.15) is 0 Å². The molecule has 0 aliphatic rings. The largest absolute Gasteiger partial charge is 0.366 e. The predicted octanol–water partition coefficient (Wildman–Crippen LogP) is 0.713. The zero-order valence-corrected chi connectivity index (χ0v) is 8.79. The van der Waals surface area contributed by atoms with Gasteiger partial charge in [-0.25, -0.2) is 0 Å². The van der Waals surface area contributed by atoms with E-state index >= 15 is 0 Å². The molecule has 3 heteroatoms. The van der Waals surface area contributed by atoms with Crippen LogP contribution in [0.25, 0.3) is 0 Å². The maximum absolute atomic E-state index is 10.6. The van der Waals surface area contributed by atoms with Crippen LogP contribution in [0.4, 0.5) is 0 Å². The topological polar surface area (TPSA) is 43.1 Å². The molecule has 0 saturated heterocycles. The van der Waals surface area contributed by atoms with Crippen LogP contribution < -0.4 is 5.73 Å². The molecule has 0 unspecified atom stereocenters. The number of carbonyl (C=O) groups excluding carboxylic acids is 1. The van der Waals surface area contributed by atoms with Gasteiger partial charge in [0, 0.05) is 35.1 Å². The molecule has 1 aromatic carbocycles. The minimum absolute atomic E-state index is 0. The fraction of sp³-hybridized carbons (Fsp3) is 0.125. The summed E-state index contributed by atoms with van der Waals surface area (Å²) in [4.78, 5) is 10.6. The van der Waals surface area contributed by atoms with E-state index in [-0.39, 0.29) is 35.5 Å². The number of primary amides is 1. The van der Waals surface area contributed by atoms with Gasteiger partial charge in [0.05, 0.1) is 0 Å².